The van der Waals surface area contributed by atoms with E-state index in [2.05, 4.69) is 26.6 Å². The highest BCUT2D eigenvalue weighted by molar-refractivity contribution is 7.99. The highest BCUT2D eigenvalue weighted by Gasteiger charge is 2.32. The molecule has 2 aromatic rings. The number of aromatic nitrogens is 3. The van der Waals surface area contributed by atoms with E-state index in [4.69, 9.17) is 0 Å². The summed E-state index contributed by atoms with van der Waals surface area (Å²) >= 11 is 1.43. The molecule has 0 amide bonds. The van der Waals surface area contributed by atoms with E-state index in [0.29, 0.717) is 11.6 Å². The van der Waals surface area contributed by atoms with E-state index >= 15 is 0 Å². The first-order chi connectivity index (χ1) is 12.6. The van der Waals surface area contributed by atoms with Gasteiger partial charge in [0.25, 0.3) is 0 Å². The lowest BCUT2D eigenvalue weighted by Crippen LogP contribution is -2.34. The molecule has 1 saturated carbocycles. The lowest BCUT2D eigenvalue weighted by atomic mass is 10.00. The second-order valence-corrected chi connectivity index (χ2v) is 8.21. The molecule has 5 nitrogen and oxygen atoms in total. The molecule has 0 spiro atoms. The van der Waals surface area contributed by atoms with Gasteiger partial charge >= 0.3 is 0 Å². The average molecular weight is 374 g/mol. The summed E-state index contributed by atoms with van der Waals surface area (Å²) in [7, 11) is 0. The van der Waals surface area contributed by atoms with Crippen molar-refractivity contribution in [2.75, 3.05) is 23.7 Å². The number of halogens is 1. The van der Waals surface area contributed by atoms with Gasteiger partial charge < -0.3 is 4.90 Å². The fourth-order valence-electron chi connectivity index (χ4n) is 3.29. The minimum Gasteiger partial charge on any atom is -0.341 e. The first-order valence-electron chi connectivity index (χ1n) is 9.23. The molecule has 0 bridgehead atoms. The molecule has 1 aromatic carbocycles. The zero-order chi connectivity index (χ0) is 18.1. The summed E-state index contributed by atoms with van der Waals surface area (Å²) < 4.78 is 15.2. The van der Waals surface area contributed by atoms with Gasteiger partial charge in [0.1, 0.15) is 5.82 Å². The molecule has 7 heteroatoms. The van der Waals surface area contributed by atoms with Gasteiger partial charge in [0.05, 0.1) is 5.75 Å². The predicted molar refractivity (Wildman–Crippen MR) is 100 cm³/mol. The number of piperidine rings is 1. The summed E-state index contributed by atoms with van der Waals surface area (Å²) in [4.78, 5) is 14.7. The maximum absolute atomic E-state index is 13.0. The summed E-state index contributed by atoms with van der Waals surface area (Å²) in [6, 6.07) is 6.16. The smallest absolute Gasteiger partial charge is 0.228 e. The van der Waals surface area contributed by atoms with Crippen molar-refractivity contribution in [3.63, 3.8) is 0 Å². The molecule has 4 rings (SSSR count). The van der Waals surface area contributed by atoms with Crippen LogP contribution in [0.5, 0.6) is 0 Å². The van der Waals surface area contributed by atoms with Crippen molar-refractivity contribution in [2.24, 2.45) is 5.92 Å². The molecular weight excluding hydrogens is 351 g/mol. The summed E-state index contributed by atoms with van der Waals surface area (Å²) in [6.07, 6.45) is 4.66. The third-order valence-corrected chi connectivity index (χ3v) is 6.07. The van der Waals surface area contributed by atoms with Crippen LogP contribution in [-0.2, 0) is 0 Å². The van der Waals surface area contributed by atoms with Crippen LogP contribution in [0.1, 0.15) is 49.0 Å². The van der Waals surface area contributed by atoms with E-state index in [-0.39, 0.29) is 17.4 Å². The SMILES string of the molecule is CC1CCN(c2nnc(SCC(=O)c3ccc(F)cc3)n2C2CC2)CC1. The van der Waals surface area contributed by atoms with Gasteiger partial charge in [-0.3, -0.25) is 9.36 Å². The highest BCUT2D eigenvalue weighted by atomic mass is 32.2. The van der Waals surface area contributed by atoms with Crippen LogP contribution < -0.4 is 4.90 Å². The first-order valence-corrected chi connectivity index (χ1v) is 10.2. The summed E-state index contributed by atoms with van der Waals surface area (Å²) in [5.41, 5.74) is 0.529. The maximum Gasteiger partial charge on any atom is 0.228 e. The molecule has 2 heterocycles. The number of nitrogens with zero attached hydrogens (tertiary/aromatic N) is 4. The van der Waals surface area contributed by atoms with Gasteiger partial charge in [-0.2, -0.15) is 0 Å². The van der Waals surface area contributed by atoms with Crippen molar-refractivity contribution in [1.82, 2.24) is 14.8 Å². The van der Waals surface area contributed by atoms with Gasteiger partial charge in [0, 0.05) is 24.7 Å². The Bertz CT molecular complexity index is 779. The van der Waals surface area contributed by atoms with Gasteiger partial charge in [-0.15, -0.1) is 10.2 Å². The Hall–Kier alpha value is -1.89. The highest BCUT2D eigenvalue weighted by Crippen LogP contribution is 2.41. The summed E-state index contributed by atoms with van der Waals surface area (Å²) in [5.74, 6) is 1.66. The zero-order valence-electron chi connectivity index (χ0n) is 14.9. The third-order valence-electron chi connectivity index (χ3n) is 5.12. The summed E-state index contributed by atoms with van der Waals surface area (Å²) in [6.45, 7) is 4.34. The molecule has 138 valence electrons. The van der Waals surface area contributed by atoms with Gasteiger partial charge in [-0.1, -0.05) is 18.7 Å². The molecule has 2 aliphatic rings. The molecule has 0 unspecified atom stereocenters. The first kappa shape index (κ1) is 17.5. The zero-order valence-corrected chi connectivity index (χ0v) is 15.7. The van der Waals surface area contributed by atoms with Crippen LogP contribution in [0.4, 0.5) is 10.3 Å². The number of benzene rings is 1. The molecule has 0 radical (unpaired) electrons. The number of carbonyl (C=O) groups is 1. The van der Waals surface area contributed by atoms with Crippen LogP contribution in [0.2, 0.25) is 0 Å². The molecule has 1 aliphatic carbocycles. The van der Waals surface area contributed by atoms with Gasteiger partial charge in [0.2, 0.25) is 5.95 Å². The van der Waals surface area contributed by atoms with Crippen LogP contribution in [0.3, 0.4) is 0 Å². The minimum absolute atomic E-state index is 0.0197. The molecule has 0 N–H and O–H groups in total. The summed E-state index contributed by atoms with van der Waals surface area (Å²) in [5, 5.41) is 9.64. The minimum atomic E-state index is -0.330. The van der Waals surface area contributed by atoms with Crippen molar-refractivity contribution >= 4 is 23.5 Å². The number of hydrogen-bond acceptors (Lipinski definition) is 5. The number of anilines is 1. The molecule has 1 aromatic heterocycles. The normalized spacial score (nSPS) is 18.3. The Morgan fingerprint density at radius 2 is 1.85 bits per heavy atom. The lowest BCUT2D eigenvalue weighted by Gasteiger charge is -2.31. The molecule has 1 saturated heterocycles. The molecular formula is C19H23FN4OS. The van der Waals surface area contributed by atoms with E-state index in [9.17, 15) is 9.18 Å². The standard InChI is InChI=1S/C19H23FN4OS/c1-13-8-10-23(11-9-13)18-21-22-19(24(18)16-6-7-16)26-12-17(25)14-2-4-15(20)5-3-14/h2-5,13,16H,6-12H2,1H3. The van der Waals surface area contributed by atoms with Crippen molar-refractivity contribution in [1.29, 1.82) is 0 Å². The maximum atomic E-state index is 13.0. The van der Waals surface area contributed by atoms with Crippen LogP contribution in [-0.4, -0.2) is 39.4 Å². The number of hydrogen-bond donors (Lipinski definition) is 0. The quantitative estimate of drug-likeness (QED) is 0.566. The largest absolute Gasteiger partial charge is 0.341 e. The molecule has 0 atom stereocenters. The predicted octanol–water partition coefficient (Wildman–Crippen LogP) is 3.96. The van der Waals surface area contributed by atoms with Crippen molar-refractivity contribution < 1.29 is 9.18 Å². The average Bonchev–Trinajstić information content (AvgIpc) is 3.40. The Morgan fingerprint density at radius 1 is 1.15 bits per heavy atom. The molecule has 2 fully saturated rings. The second kappa shape index (κ2) is 7.39. The number of rotatable bonds is 6. The van der Waals surface area contributed by atoms with Gasteiger partial charge in [-0.25, -0.2) is 4.39 Å². The number of thioether (sulfide) groups is 1. The van der Waals surface area contributed by atoms with Gasteiger partial charge in [0.15, 0.2) is 10.9 Å². The van der Waals surface area contributed by atoms with Gasteiger partial charge in [-0.05, 0) is 55.9 Å². The van der Waals surface area contributed by atoms with Crippen molar-refractivity contribution in [3.05, 3.63) is 35.6 Å². The Labute approximate surface area is 157 Å². The van der Waals surface area contributed by atoms with Crippen LogP contribution in [0.15, 0.2) is 29.4 Å². The number of Topliss-reactive ketones (excluding diaryl/α,β-unsaturated/α-hetero) is 1. The Balaban J connectivity index is 1.46. The monoisotopic (exact) mass is 374 g/mol. The third kappa shape index (κ3) is 3.77. The number of carbonyl (C=O) groups excluding carboxylic acids is 1. The van der Waals surface area contributed by atoms with E-state index in [1.807, 2.05) is 0 Å². The fraction of sp³-hybridized carbons (Fsp3) is 0.526. The van der Waals surface area contributed by atoms with Crippen molar-refractivity contribution in [2.45, 2.75) is 43.8 Å². The van der Waals surface area contributed by atoms with Crippen LogP contribution in [0, 0.1) is 11.7 Å². The van der Waals surface area contributed by atoms with E-state index in [1.54, 1.807) is 0 Å². The number of ketones is 1. The molecule has 1 aliphatic heterocycles. The van der Waals surface area contributed by atoms with E-state index < -0.39 is 0 Å². The Morgan fingerprint density at radius 3 is 2.50 bits per heavy atom. The van der Waals surface area contributed by atoms with Crippen LogP contribution >= 0.6 is 11.8 Å². The second-order valence-electron chi connectivity index (χ2n) is 7.27. The topological polar surface area (TPSA) is 51.0 Å². The molecule has 26 heavy (non-hydrogen) atoms. The van der Waals surface area contributed by atoms with E-state index in [1.165, 1.54) is 48.9 Å². The van der Waals surface area contributed by atoms with E-state index in [0.717, 1.165) is 43.0 Å². The van der Waals surface area contributed by atoms with Crippen molar-refractivity contribution in [3.8, 4) is 0 Å². The van der Waals surface area contributed by atoms with Crippen LogP contribution in [0.25, 0.3) is 0 Å². The fourth-order valence-corrected chi connectivity index (χ4v) is 4.19. The lowest BCUT2D eigenvalue weighted by molar-refractivity contribution is 0.102. The Kier molecular flexibility index (Phi) is 4.98.